The van der Waals surface area contributed by atoms with E-state index in [2.05, 4.69) is 58.2 Å². The molecule has 0 amide bonds. The summed E-state index contributed by atoms with van der Waals surface area (Å²) in [6.07, 6.45) is 0. The van der Waals surface area contributed by atoms with Gasteiger partial charge in [0.2, 0.25) is 0 Å². The minimum atomic E-state index is 0.869. The van der Waals surface area contributed by atoms with Gasteiger partial charge in [0.25, 0.3) is 0 Å². The lowest BCUT2D eigenvalue weighted by atomic mass is 10.2. The summed E-state index contributed by atoms with van der Waals surface area (Å²) in [5.74, 6) is 0.882. The van der Waals surface area contributed by atoms with Gasteiger partial charge in [-0.25, -0.2) is 0 Å². The van der Waals surface area contributed by atoms with E-state index in [1.165, 1.54) is 11.3 Å². The van der Waals surface area contributed by atoms with Crippen LogP contribution in [-0.4, -0.2) is 14.2 Å². The third kappa shape index (κ3) is 3.05. The van der Waals surface area contributed by atoms with E-state index in [1.54, 1.807) is 7.11 Å². The molecule has 2 rings (SSSR count). The van der Waals surface area contributed by atoms with Gasteiger partial charge in [0.15, 0.2) is 0 Å². The van der Waals surface area contributed by atoms with E-state index in [9.17, 15) is 0 Å². The molecule has 0 aromatic heterocycles. The Hall–Kier alpha value is -1.48. The first-order valence-corrected chi connectivity index (χ1v) is 6.58. The molecule has 0 N–H and O–H groups in total. The molecule has 2 aromatic rings. The summed E-state index contributed by atoms with van der Waals surface area (Å²) in [4.78, 5) is 2.21. The number of methoxy groups -OCH3 is 1. The highest BCUT2D eigenvalue weighted by Crippen LogP contribution is 2.22. The van der Waals surface area contributed by atoms with Gasteiger partial charge in [-0.1, -0.05) is 34.1 Å². The van der Waals surface area contributed by atoms with Gasteiger partial charge in [0.05, 0.1) is 7.11 Å². The third-order valence-electron chi connectivity index (χ3n) is 2.88. The molecular formula is C15H16BrNO. The Morgan fingerprint density at radius 3 is 2.33 bits per heavy atom. The maximum absolute atomic E-state index is 5.16. The molecule has 0 aliphatic heterocycles. The molecule has 0 saturated heterocycles. The lowest BCUT2D eigenvalue weighted by molar-refractivity contribution is 0.415. The fraction of sp³-hybridized carbons (Fsp3) is 0.200. The topological polar surface area (TPSA) is 12.5 Å². The molecule has 0 unspecified atom stereocenters. The van der Waals surface area contributed by atoms with Crippen LogP contribution >= 0.6 is 15.9 Å². The van der Waals surface area contributed by atoms with Crippen LogP contribution in [0.1, 0.15) is 5.56 Å². The van der Waals surface area contributed by atoms with Crippen molar-refractivity contribution in [3.8, 4) is 5.75 Å². The summed E-state index contributed by atoms with van der Waals surface area (Å²) in [6.45, 7) is 0.869. The Balaban J connectivity index is 2.11. The van der Waals surface area contributed by atoms with Gasteiger partial charge in [0.1, 0.15) is 5.75 Å². The number of ether oxygens (including phenoxy) is 1. The first-order chi connectivity index (χ1) is 8.70. The minimum absolute atomic E-state index is 0.869. The van der Waals surface area contributed by atoms with Crippen molar-refractivity contribution < 1.29 is 4.74 Å². The van der Waals surface area contributed by atoms with Gasteiger partial charge in [-0.15, -0.1) is 0 Å². The van der Waals surface area contributed by atoms with Crippen LogP contribution in [0.15, 0.2) is 53.0 Å². The van der Waals surface area contributed by atoms with Gasteiger partial charge in [0, 0.05) is 23.8 Å². The molecule has 0 fully saturated rings. The normalized spacial score (nSPS) is 10.2. The van der Waals surface area contributed by atoms with Crippen molar-refractivity contribution in [2.45, 2.75) is 6.54 Å². The monoisotopic (exact) mass is 305 g/mol. The van der Waals surface area contributed by atoms with Crippen molar-refractivity contribution in [1.82, 2.24) is 0 Å². The first-order valence-electron chi connectivity index (χ1n) is 5.79. The number of hydrogen-bond acceptors (Lipinski definition) is 2. The third-order valence-corrected chi connectivity index (χ3v) is 3.65. The molecule has 3 heteroatoms. The van der Waals surface area contributed by atoms with Crippen LogP contribution in [0.4, 0.5) is 5.69 Å². The Labute approximate surface area is 116 Å². The van der Waals surface area contributed by atoms with E-state index in [1.807, 2.05) is 18.2 Å². The zero-order chi connectivity index (χ0) is 13.0. The first kappa shape index (κ1) is 13.0. The minimum Gasteiger partial charge on any atom is -0.497 e. The molecule has 0 aliphatic rings. The Bertz CT molecular complexity index is 510. The van der Waals surface area contributed by atoms with Crippen LogP contribution < -0.4 is 9.64 Å². The van der Waals surface area contributed by atoms with Crippen molar-refractivity contribution in [1.29, 1.82) is 0 Å². The van der Waals surface area contributed by atoms with Crippen molar-refractivity contribution in [2.75, 3.05) is 19.1 Å². The number of nitrogens with zero attached hydrogens (tertiary/aromatic N) is 1. The van der Waals surface area contributed by atoms with Crippen LogP contribution in [0.5, 0.6) is 5.75 Å². The molecule has 0 bridgehead atoms. The zero-order valence-corrected chi connectivity index (χ0v) is 12.1. The van der Waals surface area contributed by atoms with E-state index >= 15 is 0 Å². The number of halogens is 1. The highest BCUT2D eigenvalue weighted by Gasteiger charge is 2.04. The van der Waals surface area contributed by atoms with Gasteiger partial charge < -0.3 is 9.64 Å². The number of hydrogen-bond donors (Lipinski definition) is 0. The molecule has 0 heterocycles. The smallest absolute Gasteiger partial charge is 0.119 e. The molecule has 0 spiro atoms. The molecule has 0 aliphatic carbocycles. The summed E-state index contributed by atoms with van der Waals surface area (Å²) >= 11 is 3.57. The standard InChI is InChI=1S/C15H16BrNO/c1-17(11-12-5-3-4-6-15(12)16)13-7-9-14(18-2)10-8-13/h3-10H,11H2,1-2H3. The van der Waals surface area contributed by atoms with E-state index < -0.39 is 0 Å². The van der Waals surface area contributed by atoms with Crippen molar-refractivity contribution in [3.05, 3.63) is 58.6 Å². The van der Waals surface area contributed by atoms with E-state index in [-0.39, 0.29) is 0 Å². The summed E-state index contributed by atoms with van der Waals surface area (Å²) < 4.78 is 6.30. The maximum atomic E-state index is 5.16. The Morgan fingerprint density at radius 2 is 1.72 bits per heavy atom. The van der Waals surface area contributed by atoms with Crippen LogP contribution in [-0.2, 0) is 6.54 Å². The van der Waals surface area contributed by atoms with Gasteiger partial charge in [-0.05, 0) is 35.9 Å². The maximum Gasteiger partial charge on any atom is 0.119 e. The lowest BCUT2D eigenvalue weighted by Crippen LogP contribution is -2.16. The van der Waals surface area contributed by atoms with Crippen molar-refractivity contribution >= 4 is 21.6 Å². The highest BCUT2D eigenvalue weighted by molar-refractivity contribution is 9.10. The van der Waals surface area contributed by atoms with Gasteiger partial charge in [-0.2, -0.15) is 0 Å². The van der Waals surface area contributed by atoms with Gasteiger partial charge in [-0.3, -0.25) is 0 Å². The van der Waals surface area contributed by atoms with Crippen LogP contribution in [0.2, 0.25) is 0 Å². The van der Waals surface area contributed by atoms with E-state index in [0.29, 0.717) is 0 Å². The predicted molar refractivity (Wildman–Crippen MR) is 79.2 cm³/mol. The van der Waals surface area contributed by atoms with Crippen LogP contribution in [0.25, 0.3) is 0 Å². The summed E-state index contributed by atoms with van der Waals surface area (Å²) in [5.41, 5.74) is 2.45. The number of benzene rings is 2. The van der Waals surface area contributed by atoms with Crippen molar-refractivity contribution in [2.24, 2.45) is 0 Å². The molecule has 2 nitrogen and oxygen atoms in total. The van der Waals surface area contributed by atoms with Gasteiger partial charge >= 0.3 is 0 Å². The predicted octanol–water partition coefficient (Wildman–Crippen LogP) is 4.09. The lowest BCUT2D eigenvalue weighted by Gasteiger charge is -2.20. The largest absolute Gasteiger partial charge is 0.497 e. The molecular weight excluding hydrogens is 290 g/mol. The second-order valence-corrected chi connectivity index (χ2v) is 5.00. The average molecular weight is 306 g/mol. The second-order valence-electron chi connectivity index (χ2n) is 4.15. The average Bonchev–Trinajstić information content (AvgIpc) is 2.41. The summed E-state index contributed by atoms with van der Waals surface area (Å²) in [7, 11) is 3.76. The SMILES string of the molecule is COc1ccc(N(C)Cc2ccccc2Br)cc1. The fourth-order valence-electron chi connectivity index (χ4n) is 1.81. The molecule has 0 atom stereocenters. The molecule has 0 radical (unpaired) electrons. The Morgan fingerprint density at radius 1 is 1.06 bits per heavy atom. The van der Waals surface area contributed by atoms with Crippen LogP contribution in [0, 0.1) is 0 Å². The highest BCUT2D eigenvalue weighted by atomic mass is 79.9. The van der Waals surface area contributed by atoms with E-state index in [0.717, 1.165) is 16.8 Å². The summed E-state index contributed by atoms with van der Waals surface area (Å²) in [5, 5.41) is 0. The molecule has 2 aromatic carbocycles. The quantitative estimate of drug-likeness (QED) is 0.843. The van der Waals surface area contributed by atoms with Crippen LogP contribution in [0.3, 0.4) is 0 Å². The van der Waals surface area contributed by atoms with E-state index in [4.69, 9.17) is 4.74 Å². The second kappa shape index (κ2) is 5.91. The summed E-state index contributed by atoms with van der Waals surface area (Å²) in [6, 6.07) is 16.4. The zero-order valence-electron chi connectivity index (χ0n) is 10.6. The molecule has 94 valence electrons. The number of rotatable bonds is 4. The molecule has 0 saturated carbocycles. The molecule has 18 heavy (non-hydrogen) atoms. The fourth-order valence-corrected chi connectivity index (χ4v) is 2.22. The Kier molecular flexibility index (Phi) is 4.26. The number of anilines is 1. The van der Waals surface area contributed by atoms with Crippen molar-refractivity contribution in [3.63, 3.8) is 0 Å².